The van der Waals surface area contributed by atoms with Crippen LogP contribution in [-0.4, -0.2) is 45.3 Å². The number of hydrogen-bond donors (Lipinski definition) is 0. The summed E-state index contributed by atoms with van der Waals surface area (Å²) in [4.78, 5) is 30.5. The van der Waals surface area contributed by atoms with Crippen LogP contribution in [0.5, 0.6) is 0 Å². The number of benzene rings is 2. The molecule has 0 radical (unpaired) electrons. The van der Waals surface area contributed by atoms with Gasteiger partial charge in [0.15, 0.2) is 0 Å². The quantitative estimate of drug-likeness (QED) is 0.354. The molecule has 0 saturated carbocycles. The summed E-state index contributed by atoms with van der Waals surface area (Å²) in [7, 11) is 0. The molecule has 1 aromatic heterocycles. The van der Waals surface area contributed by atoms with E-state index in [0.29, 0.717) is 18.7 Å². The lowest BCUT2D eigenvalue weighted by Crippen LogP contribution is -2.49. The van der Waals surface area contributed by atoms with Crippen LogP contribution in [0.3, 0.4) is 0 Å². The van der Waals surface area contributed by atoms with Gasteiger partial charge in [-0.3, -0.25) is 9.59 Å². The van der Waals surface area contributed by atoms with Gasteiger partial charge in [-0.25, -0.2) is 4.39 Å². The van der Waals surface area contributed by atoms with Crippen molar-refractivity contribution in [1.29, 1.82) is 0 Å². The first-order valence-corrected chi connectivity index (χ1v) is 13.0. The molecule has 0 N–H and O–H groups in total. The minimum Gasteiger partial charge on any atom is -0.348 e. The zero-order valence-electron chi connectivity index (χ0n) is 21.5. The van der Waals surface area contributed by atoms with Gasteiger partial charge in [0.05, 0.1) is 6.04 Å². The summed E-state index contributed by atoms with van der Waals surface area (Å²) in [6.45, 7) is 7.17. The average molecular weight is 490 g/mol. The number of halogens is 1. The second kappa shape index (κ2) is 11.5. The van der Waals surface area contributed by atoms with Crippen LogP contribution in [0.25, 0.3) is 0 Å². The number of amides is 2. The molecular formula is C30H36FN3O2. The van der Waals surface area contributed by atoms with Crippen LogP contribution in [-0.2, 0) is 17.8 Å². The summed E-state index contributed by atoms with van der Waals surface area (Å²) >= 11 is 0. The number of aryl methyl sites for hydroxylation is 1. The molecule has 1 aliphatic heterocycles. The molecule has 0 saturated heterocycles. The topological polar surface area (TPSA) is 45.6 Å². The number of aromatic nitrogens is 1. The molecule has 0 spiro atoms. The van der Waals surface area contributed by atoms with E-state index >= 15 is 0 Å². The summed E-state index contributed by atoms with van der Waals surface area (Å²) in [5.41, 5.74) is 3.48. The second-order valence-corrected chi connectivity index (χ2v) is 9.85. The zero-order chi connectivity index (χ0) is 25.7. The molecule has 1 aliphatic rings. The second-order valence-electron chi connectivity index (χ2n) is 9.85. The molecule has 0 bridgehead atoms. The van der Waals surface area contributed by atoms with Crippen molar-refractivity contribution in [1.82, 2.24) is 14.4 Å². The number of carbonyl (C=O) groups is 2. The lowest BCUT2D eigenvalue weighted by atomic mass is 9.99. The van der Waals surface area contributed by atoms with E-state index in [1.54, 1.807) is 15.9 Å². The number of unbranched alkanes of at least 4 members (excludes halogenated alkanes) is 2. The lowest BCUT2D eigenvalue weighted by molar-refractivity contribution is -0.135. The van der Waals surface area contributed by atoms with E-state index in [0.717, 1.165) is 24.1 Å². The standard InChI is InChI=1S/C30H36FN3O2/c1-4-5-6-9-23-13-15-24(16-14-23)30(36)34(22(2)3)21-28(35)33-19-18-32-17-8-12-27(32)29(33)25-10-7-11-26(31)20-25/h7-8,10-17,20,22,29H,4-6,9,18-19,21H2,1-3H3. The predicted molar refractivity (Wildman–Crippen MR) is 140 cm³/mol. The predicted octanol–water partition coefficient (Wildman–Crippen LogP) is 5.84. The average Bonchev–Trinajstić information content (AvgIpc) is 3.35. The monoisotopic (exact) mass is 489 g/mol. The highest BCUT2D eigenvalue weighted by Gasteiger charge is 2.34. The molecule has 5 nitrogen and oxygen atoms in total. The van der Waals surface area contributed by atoms with Gasteiger partial charge in [0.1, 0.15) is 12.4 Å². The van der Waals surface area contributed by atoms with Crippen LogP contribution in [0.4, 0.5) is 4.39 Å². The Bertz CT molecular complexity index is 1180. The summed E-state index contributed by atoms with van der Waals surface area (Å²) in [6, 6.07) is 17.6. The minimum absolute atomic E-state index is 0.0265. The van der Waals surface area contributed by atoms with Crippen LogP contribution in [0, 0.1) is 5.82 Å². The van der Waals surface area contributed by atoms with Gasteiger partial charge in [0, 0.05) is 36.6 Å². The van der Waals surface area contributed by atoms with Crippen molar-refractivity contribution in [3.63, 3.8) is 0 Å². The molecule has 0 aliphatic carbocycles. The van der Waals surface area contributed by atoms with E-state index in [-0.39, 0.29) is 30.2 Å². The van der Waals surface area contributed by atoms with Gasteiger partial charge in [-0.05, 0) is 74.2 Å². The number of nitrogens with zero attached hydrogens (tertiary/aromatic N) is 3. The summed E-state index contributed by atoms with van der Waals surface area (Å²) in [5, 5.41) is 0. The van der Waals surface area contributed by atoms with Crippen LogP contribution < -0.4 is 0 Å². The molecule has 2 amide bonds. The Balaban J connectivity index is 1.53. The maximum Gasteiger partial charge on any atom is 0.254 e. The Hall–Kier alpha value is -3.41. The molecule has 2 heterocycles. The lowest BCUT2D eigenvalue weighted by Gasteiger charge is -2.39. The molecule has 6 heteroatoms. The number of hydrogen-bond acceptors (Lipinski definition) is 2. The Kier molecular flexibility index (Phi) is 8.24. The van der Waals surface area contributed by atoms with Gasteiger partial charge < -0.3 is 14.4 Å². The maximum atomic E-state index is 14.1. The fourth-order valence-corrected chi connectivity index (χ4v) is 4.96. The number of carbonyl (C=O) groups excluding carboxylic acids is 2. The van der Waals surface area contributed by atoms with Crippen LogP contribution in [0.1, 0.15) is 73.3 Å². The largest absolute Gasteiger partial charge is 0.348 e. The van der Waals surface area contributed by atoms with Gasteiger partial charge in [-0.15, -0.1) is 0 Å². The highest BCUT2D eigenvalue weighted by Crippen LogP contribution is 2.33. The van der Waals surface area contributed by atoms with Crippen molar-refractivity contribution in [2.75, 3.05) is 13.1 Å². The Morgan fingerprint density at radius 3 is 2.50 bits per heavy atom. The highest BCUT2D eigenvalue weighted by molar-refractivity contribution is 5.96. The molecule has 2 aromatic carbocycles. The van der Waals surface area contributed by atoms with E-state index in [1.807, 2.05) is 62.5 Å². The van der Waals surface area contributed by atoms with Crippen LogP contribution in [0.15, 0.2) is 66.9 Å². The highest BCUT2D eigenvalue weighted by atomic mass is 19.1. The van der Waals surface area contributed by atoms with Gasteiger partial charge in [-0.1, -0.05) is 44.0 Å². The van der Waals surface area contributed by atoms with Crippen molar-refractivity contribution in [3.05, 3.63) is 95.1 Å². The molecule has 1 atom stereocenters. The minimum atomic E-state index is -0.400. The van der Waals surface area contributed by atoms with Gasteiger partial charge in [0.2, 0.25) is 5.91 Å². The van der Waals surface area contributed by atoms with Crippen molar-refractivity contribution in [2.24, 2.45) is 0 Å². The van der Waals surface area contributed by atoms with Crippen molar-refractivity contribution >= 4 is 11.8 Å². The van der Waals surface area contributed by atoms with E-state index in [2.05, 4.69) is 11.5 Å². The van der Waals surface area contributed by atoms with Crippen molar-refractivity contribution < 1.29 is 14.0 Å². The van der Waals surface area contributed by atoms with E-state index in [4.69, 9.17) is 0 Å². The SMILES string of the molecule is CCCCCc1ccc(C(=O)N(CC(=O)N2CCn3cccc3C2c2cccc(F)c2)C(C)C)cc1. The van der Waals surface area contributed by atoms with Gasteiger partial charge in [0.25, 0.3) is 5.91 Å². The summed E-state index contributed by atoms with van der Waals surface area (Å²) < 4.78 is 16.2. The van der Waals surface area contributed by atoms with Crippen LogP contribution in [0.2, 0.25) is 0 Å². The van der Waals surface area contributed by atoms with E-state index < -0.39 is 6.04 Å². The molecule has 1 unspecified atom stereocenters. The summed E-state index contributed by atoms with van der Waals surface area (Å²) in [6.07, 6.45) is 6.51. The Morgan fingerprint density at radius 2 is 1.81 bits per heavy atom. The molecular weight excluding hydrogens is 453 g/mol. The van der Waals surface area contributed by atoms with Crippen LogP contribution >= 0.6 is 0 Å². The Labute approximate surface area is 213 Å². The fourth-order valence-electron chi connectivity index (χ4n) is 4.96. The Morgan fingerprint density at radius 1 is 1.03 bits per heavy atom. The first-order chi connectivity index (χ1) is 17.4. The third-order valence-corrected chi connectivity index (χ3v) is 6.98. The smallest absolute Gasteiger partial charge is 0.254 e. The maximum absolute atomic E-state index is 14.1. The van der Waals surface area contributed by atoms with E-state index in [1.165, 1.54) is 30.5 Å². The number of rotatable bonds is 9. The third-order valence-electron chi connectivity index (χ3n) is 6.98. The van der Waals surface area contributed by atoms with Crippen molar-refractivity contribution in [3.8, 4) is 0 Å². The fraction of sp³-hybridized carbons (Fsp3) is 0.400. The first kappa shape index (κ1) is 25.7. The normalized spacial score (nSPS) is 15.1. The van der Waals surface area contributed by atoms with Gasteiger partial charge >= 0.3 is 0 Å². The van der Waals surface area contributed by atoms with Gasteiger partial charge in [-0.2, -0.15) is 0 Å². The third kappa shape index (κ3) is 5.69. The van der Waals surface area contributed by atoms with E-state index in [9.17, 15) is 14.0 Å². The summed E-state index contributed by atoms with van der Waals surface area (Å²) in [5.74, 6) is -0.628. The molecule has 0 fully saturated rings. The molecule has 3 aromatic rings. The van der Waals surface area contributed by atoms with Crippen molar-refractivity contribution in [2.45, 2.75) is 65.1 Å². The number of fused-ring (bicyclic) bond motifs is 1. The molecule has 36 heavy (non-hydrogen) atoms. The first-order valence-electron chi connectivity index (χ1n) is 13.0. The molecule has 4 rings (SSSR count). The zero-order valence-corrected chi connectivity index (χ0v) is 21.5. The molecule has 190 valence electrons.